The van der Waals surface area contributed by atoms with E-state index in [0.717, 1.165) is 36.6 Å². The lowest BCUT2D eigenvalue weighted by Crippen LogP contribution is -2.12. The molecule has 2 aromatic heterocycles. The third kappa shape index (κ3) is 3.26. The molecule has 0 aliphatic carbocycles. The molecule has 0 aromatic carbocycles. The predicted molar refractivity (Wildman–Crippen MR) is 80.7 cm³/mol. The fourth-order valence-electron chi connectivity index (χ4n) is 2.16. The van der Waals surface area contributed by atoms with Gasteiger partial charge in [0.25, 0.3) is 0 Å². The normalized spacial score (nSPS) is 10.8. The first kappa shape index (κ1) is 14.3. The van der Waals surface area contributed by atoms with Crippen LogP contribution in [0.1, 0.15) is 29.2 Å². The second kappa shape index (κ2) is 5.90. The monoisotopic (exact) mass is 274 g/mol. The van der Waals surface area contributed by atoms with Gasteiger partial charge in [-0.3, -0.25) is 4.68 Å². The molecular weight excluding hydrogens is 252 g/mol. The number of rotatable bonds is 5. The van der Waals surface area contributed by atoms with Crippen LogP contribution in [-0.4, -0.2) is 26.3 Å². The molecule has 6 nitrogen and oxygen atoms in total. The standard InChI is InChI=1S/C14H22N6/c1-9-8-10(2)20(19-9)7-5-6-16-14-11(3)13(15)17-12(4)18-14/h8H,5-7H2,1-4H3,(H3,15,16,17,18). The molecule has 0 radical (unpaired) electrons. The lowest BCUT2D eigenvalue weighted by Gasteiger charge is -2.11. The largest absolute Gasteiger partial charge is 0.383 e. The van der Waals surface area contributed by atoms with Crippen molar-refractivity contribution in [1.29, 1.82) is 0 Å². The minimum Gasteiger partial charge on any atom is -0.383 e. The molecule has 108 valence electrons. The number of aryl methyl sites for hydroxylation is 4. The summed E-state index contributed by atoms with van der Waals surface area (Å²) in [7, 11) is 0. The van der Waals surface area contributed by atoms with Crippen molar-refractivity contribution in [3.8, 4) is 0 Å². The number of hydrogen-bond acceptors (Lipinski definition) is 5. The molecule has 20 heavy (non-hydrogen) atoms. The number of hydrogen-bond donors (Lipinski definition) is 2. The van der Waals surface area contributed by atoms with E-state index >= 15 is 0 Å². The first-order chi connectivity index (χ1) is 9.47. The van der Waals surface area contributed by atoms with Gasteiger partial charge in [0, 0.05) is 24.3 Å². The van der Waals surface area contributed by atoms with E-state index in [0.29, 0.717) is 11.6 Å². The second-order valence-electron chi connectivity index (χ2n) is 5.06. The van der Waals surface area contributed by atoms with Gasteiger partial charge in [0.1, 0.15) is 17.5 Å². The number of nitrogens with two attached hydrogens (primary N) is 1. The van der Waals surface area contributed by atoms with Gasteiger partial charge in [-0.15, -0.1) is 0 Å². The summed E-state index contributed by atoms with van der Waals surface area (Å²) in [6.07, 6.45) is 0.977. The molecule has 2 rings (SSSR count). The van der Waals surface area contributed by atoms with Gasteiger partial charge in [-0.1, -0.05) is 0 Å². The molecule has 0 bridgehead atoms. The number of nitrogens with one attached hydrogen (secondary N) is 1. The Labute approximate surface area is 119 Å². The fraction of sp³-hybridized carbons (Fsp3) is 0.500. The number of nitrogens with zero attached hydrogens (tertiary/aromatic N) is 4. The van der Waals surface area contributed by atoms with Crippen LogP contribution >= 0.6 is 0 Å². The highest BCUT2D eigenvalue weighted by Gasteiger charge is 2.06. The van der Waals surface area contributed by atoms with Crippen molar-refractivity contribution in [3.05, 3.63) is 28.8 Å². The van der Waals surface area contributed by atoms with Crippen LogP contribution < -0.4 is 11.1 Å². The number of nitrogen functional groups attached to an aromatic ring is 1. The van der Waals surface area contributed by atoms with E-state index in [1.54, 1.807) is 0 Å². The highest BCUT2D eigenvalue weighted by molar-refractivity contribution is 5.54. The lowest BCUT2D eigenvalue weighted by molar-refractivity contribution is 0.573. The van der Waals surface area contributed by atoms with Crippen LogP contribution in [0, 0.1) is 27.7 Å². The minimum atomic E-state index is 0.540. The van der Waals surface area contributed by atoms with Crippen molar-refractivity contribution in [1.82, 2.24) is 19.7 Å². The molecule has 0 unspecified atom stereocenters. The molecule has 0 aliphatic heterocycles. The van der Waals surface area contributed by atoms with E-state index in [-0.39, 0.29) is 0 Å². The first-order valence-electron chi connectivity index (χ1n) is 6.83. The second-order valence-corrected chi connectivity index (χ2v) is 5.06. The van der Waals surface area contributed by atoms with Crippen LogP contribution in [-0.2, 0) is 6.54 Å². The molecule has 2 aromatic rings. The van der Waals surface area contributed by atoms with Crippen molar-refractivity contribution in [2.24, 2.45) is 0 Å². The van der Waals surface area contributed by atoms with Crippen LogP contribution in [0.4, 0.5) is 11.6 Å². The average molecular weight is 274 g/mol. The Morgan fingerprint density at radius 1 is 1.20 bits per heavy atom. The molecule has 0 aliphatic rings. The summed E-state index contributed by atoms with van der Waals surface area (Å²) in [4.78, 5) is 8.51. The molecule has 0 amide bonds. The third-order valence-electron chi connectivity index (χ3n) is 3.24. The van der Waals surface area contributed by atoms with Gasteiger partial charge in [0.05, 0.1) is 5.69 Å². The summed E-state index contributed by atoms with van der Waals surface area (Å²) in [5.74, 6) is 2.05. The highest BCUT2D eigenvalue weighted by atomic mass is 15.3. The molecule has 0 atom stereocenters. The zero-order valence-electron chi connectivity index (χ0n) is 12.6. The van der Waals surface area contributed by atoms with Crippen LogP contribution in [0.5, 0.6) is 0 Å². The van der Waals surface area contributed by atoms with Gasteiger partial charge < -0.3 is 11.1 Å². The molecular formula is C14H22N6. The van der Waals surface area contributed by atoms with Crippen molar-refractivity contribution >= 4 is 11.6 Å². The summed E-state index contributed by atoms with van der Waals surface area (Å²) in [5.41, 5.74) is 8.99. The molecule has 2 heterocycles. The van der Waals surface area contributed by atoms with E-state index in [9.17, 15) is 0 Å². The molecule has 0 saturated carbocycles. The van der Waals surface area contributed by atoms with Crippen LogP contribution in [0.2, 0.25) is 0 Å². The van der Waals surface area contributed by atoms with Gasteiger partial charge in [-0.2, -0.15) is 5.10 Å². The van der Waals surface area contributed by atoms with E-state index in [1.807, 2.05) is 25.5 Å². The predicted octanol–water partition coefficient (Wildman–Crippen LogP) is 1.99. The van der Waals surface area contributed by atoms with Gasteiger partial charge in [-0.05, 0) is 40.2 Å². The van der Waals surface area contributed by atoms with Crippen LogP contribution in [0.15, 0.2) is 6.07 Å². The summed E-state index contributed by atoms with van der Waals surface area (Å²) in [5, 5.41) is 7.76. The number of aromatic nitrogens is 4. The topological polar surface area (TPSA) is 81.7 Å². The average Bonchev–Trinajstić information content (AvgIpc) is 2.69. The number of anilines is 2. The SMILES string of the molecule is Cc1cc(C)n(CCCNc2nc(C)nc(N)c2C)n1. The van der Waals surface area contributed by atoms with E-state index in [1.165, 1.54) is 5.69 Å². The van der Waals surface area contributed by atoms with Gasteiger partial charge in [0.15, 0.2) is 0 Å². The Hall–Kier alpha value is -2.11. The molecule has 0 spiro atoms. The third-order valence-corrected chi connectivity index (χ3v) is 3.24. The Balaban J connectivity index is 1.89. The zero-order chi connectivity index (χ0) is 14.7. The molecule has 0 saturated heterocycles. The first-order valence-corrected chi connectivity index (χ1v) is 6.83. The van der Waals surface area contributed by atoms with Crippen molar-refractivity contribution in [2.75, 3.05) is 17.6 Å². The summed E-state index contributed by atoms with van der Waals surface area (Å²) in [6, 6.07) is 2.09. The molecule has 0 fully saturated rings. The van der Waals surface area contributed by atoms with Gasteiger partial charge >= 0.3 is 0 Å². The summed E-state index contributed by atoms with van der Waals surface area (Å²) in [6.45, 7) is 9.58. The fourth-order valence-corrected chi connectivity index (χ4v) is 2.16. The van der Waals surface area contributed by atoms with Crippen molar-refractivity contribution < 1.29 is 0 Å². The lowest BCUT2D eigenvalue weighted by atomic mass is 10.3. The zero-order valence-corrected chi connectivity index (χ0v) is 12.6. The van der Waals surface area contributed by atoms with E-state index in [4.69, 9.17) is 5.73 Å². The van der Waals surface area contributed by atoms with Crippen molar-refractivity contribution in [3.63, 3.8) is 0 Å². The van der Waals surface area contributed by atoms with Gasteiger partial charge in [-0.25, -0.2) is 9.97 Å². The Morgan fingerprint density at radius 3 is 2.60 bits per heavy atom. The van der Waals surface area contributed by atoms with Crippen LogP contribution in [0.25, 0.3) is 0 Å². The maximum Gasteiger partial charge on any atom is 0.134 e. The summed E-state index contributed by atoms with van der Waals surface area (Å²) < 4.78 is 2.03. The minimum absolute atomic E-state index is 0.540. The quantitative estimate of drug-likeness (QED) is 0.815. The van der Waals surface area contributed by atoms with E-state index < -0.39 is 0 Å². The Bertz CT molecular complexity index is 602. The smallest absolute Gasteiger partial charge is 0.134 e. The maximum atomic E-state index is 5.83. The highest BCUT2D eigenvalue weighted by Crippen LogP contribution is 2.16. The van der Waals surface area contributed by atoms with E-state index in [2.05, 4.69) is 33.4 Å². The Kier molecular flexibility index (Phi) is 4.22. The van der Waals surface area contributed by atoms with Crippen molar-refractivity contribution in [2.45, 2.75) is 40.7 Å². The van der Waals surface area contributed by atoms with Gasteiger partial charge in [0.2, 0.25) is 0 Å². The molecule has 3 N–H and O–H groups in total. The summed E-state index contributed by atoms with van der Waals surface area (Å²) >= 11 is 0. The maximum absolute atomic E-state index is 5.83. The van der Waals surface area contributed by atoms with Crippen LogP contribution in [0.3, 0.4) is 0 Å². The Morgan fingerprint density at radius 2 is 1.95 bits per heavy atom. The molecule has 6 heteroatoms.